The minimum Gasteiger partial charge on any atom is -0.452 e. The van der Waals surface area contributed by atoms with Crippen molar-refractivity contribution in [3.8, 4) is 0 Å². The molecule has 1 unspecified atom stereocenters. The van der Waals surface area contributed by atoms with Crippen molar-refractivity contribution in [3.63, 3.8) is 0 Å². The van der Waals surface area contributed by atoms with Crippen LogP contribution in [-0.2, 0) is 19.1 Å². The molecule has 28 heavy (non-hydrogen) atoms. The summed E-state index contributed by atoms with van der Waals surface area (Å²) >= 11 is 0. The highest BCUT2D eigenvalue weighted by atomic mass is 16.5. The van der Waals surface area contributed by atoms with Gasteiger partial charge in [-0.2, -0.15) is 0 Å². The van der Waals surface area contributed by atoms with Crippen LogP contribution in [0.1, 0.15) is 60.3 Å². The van der Waals surface area contributed by atoms with Gasteiger partial charge in [0.1, 0.15) is 0 Å². The number of esters is 1. The summed E-state index contributed by atoms with van der Waals surface area (Å²) in [4.78, 5) is 35.8. The third-order valence-electron chi connectivity index (χ3n) is 5.42. The molecule has 6 heteroatoms. The van der Waals surface area contributed by atoms with Crippen molar-refractivity contribution in [1.82, 2.24) is 0 Å². The van der Waals surface area contributed by atoms with Crippen molar-refractivity contribution < 1.29 is 19.1 Å². The first-order valence-corrected chi connectivity index (χ1v) is 9.95. The lowest BCUT2D eigenvalue weighted by Gasteiger charge is -2.36. The van der Waals surface area contributed by atoms with E-state index in [2.05, 4.69) is 31.4 Å². The summed E-state index contributed by atoms with van der Waals surface area (Å²) in [6.07, 6.45) is 2.82. The molecule has 0 radical (unpaired) electrons. The fourth-order valence-electron chi connectivity index (χ4n) is 3.60. The van der Waals surface area contributed by atoms with Crippen LogP contribution in [0.3, 0.4) is 0 Å². The van der Waals surface area contributed by atoms with Gasteiger partial charge in [0.2, 0.25) is 5.91 Å². The standard InChI is InChI=1S/C22H32N2O4/c1-14(20(26)24-19-12-10-18(11-13-19)23-15(2)25)28-21(27)16-6-8-17(9-7-16)22(3,4)5/h10-14,16-17H,6-9H2,1-5H3,(H,23,25)(H,24,26). The molecule has 154 valence electrons. The average Bonchev–Trinajstić information content (AvgIpc) is 2.62. The van der Waals surface area contributed by atoms with Crippen LogP contribution in [0.5, 0.6) is 0 Å². The maximum absolute atomic E-state index is 12.4. The fraction of sp³-hybridized carbons (Fsp3) is 0.591. The van der Waals surface area contributed by atoms with Gasteiger partial charge in [0.05, 0.1) is 5.92 Å². The molecule has 1 saturated carbocycles. The zero-order valence-corrected chi connectivity index (χ0v) is 17.5. The van der Waals surface area contributed by atoms with Crippen molar-refractivity contribution in [2.45, 2.75) is 66.4 Å². The number of rotatable bonds is 5. The summed E-state index contributed by atoms with van der Waals surface area (Å²) in [5.74, 6) is -0.308. The lowest BCUT2D eigenvalue weighted by Crippen LogP contribution is -2.34. The smallest absolute Gasteiger partial charge is 0.309 e. The topological polar surface area (TPSA) is 84.5 Å². The molecule has 1 fully saturated rings. The summed E-state index contributed by atoms with van der Waals surface area (Å²) in [5, 5.41) is 5.39. The fourth-order valence-corrected chi connectivity index (χ4v) is 3.60. The van der Waals surface area contributed by atoms with Crippen LogP contribution < -0.4 is 10.6 Å². The van der Waals surface area contributed by atoms with E-state index >= 15 is 0 Å². The number of benzene rings is 1. The van der Waals surface area contributed by atoms with Crippen molar-refractivity contribution in [2.75, 3.05) is 10.6 Å². The molecule has 0 aliphatic heterocycles. The summed E-state index contributed by atoms with van der Waals surface area (Å²) in [7, 11) is 0. The van der Waals surface area contributed by atoms with Gasteiger partial charge in [-0.15, -0.1) is 0 Å². The van der Waals surface area contributed by atoms with Crippen LogP contribution in [0.25, 0.3) is 0 Å². The van der Waals surface area contributed by atoms with Gasteiger partial charge < -0.3 is 15.4 Å². The van der Waals surface area contributed by atoms with Gasteiger partial charge in [0.15, 0.2) is 6.10 Å². The van der Waals surface area contributed by atoms with E-state index in [-0.39, 0.29) is 29.1 Å². The van der Waals surface area contributed by atoms with Crippen molar-refractivity contribution in [2.24, 2.45) is 17.3 Å². The second kappa shape index (κ2) is 9.22. The molecule has 1 aliphatic rings. The minimum atomic E-state index is -0.858. The Balaban J connectivity index is 1.82. The Morgan fingerprint density at radius 3 is 1.93 bits per heavy atom. The number of hydrogen-bond donors (Lipinski definition) is 2. The quantitative estimate of drug-likeness (QED) is 0.734. The van der Waals surface area contributed by atoms with E-state index in [0.717, 1.165) is 25.7 Å². The molecule has 1 aromatic rings. The zero-order chi connectivity index (χ0) is 20.9. The van der Waals surface area contributed by atoms with Crippen LogP contribution in [0.4, 0.5) is 11.4 Å². The lowest BCUT2D eigenvalue weighted by molar-refractivity contribution is -0.158. The molecule has 2 rings (SSSR count). The van der Waals surface area contributed by atoms with Gasteiger partial charge in [0, 0.05) is 18.3 Å². The van der Waals surface area contributed by atoms with Gasteiger partial charge in [0.25, 0.3) is 5.91 Å². The van der Waals surface area contributed by atoms with Crippen LogP contribution >= 0.6 is 0 Å². The Bertz CT molecular complexity index is 698. The second-order valence-electron chi connectivity index (χ2n) is 8.74. The van der Waals surface area contributed by atoms with Gasteiger partial charge >= 0.3 is 5.97 Å². The Morgan fingerprint density at radius 2 is 1.46 bits per heavy atom. The first-order chi connectivity index (χ1) is 13.1. The summed E-state index contributed by atoms with van der Waals surface area (Å²) in [6, 6.07) is 6.76. The molecule has 1 atom stereocenters. The first-order valence-electron chi connectivity index (χ1n) is 9.95. The van der Waals surface area contributed by atoms with Crippen molar-refractivity contribution in [1.29, 1.82) is 0 Å². The van der Waals surface area contributed by atoms with Crippen molar-refractivity contribution in [3.05, 3.63) is 24.3 Å². The molecule has 0 aromatic heterocycles. The molecule has 0 saturated heterocycles. The van der Waals surface area contributed by atoms with E-state index in [0.29, 0.717) is 17.3 Å². The second-order valence-corrected chi connectivity index (χ2v) is 8.74. The Hall–Kier alpha value is -2.37. The van der Waals surface area contributed by atoms with E-state index in [4.69, 9.17) is 4.74 Å². The monoisotopic (exact) mass is 388 g/mol. The van der Waals surface area contributed by atoms with Crippen molar-refractivity contribution >= 4 is 29.2 Å². The number of amides is 2. The number of anilines is 2. The summed E-state index contributed by atoms with van der Waals surface area (Å²) in [6.45, 7) is 9.74. The highest BCUT2D eigenvalue weighted by molar-refractivity contribution is 5.95. The minimum absolute atomic E-state index is 0.120. The molecule has 0 spiro atoms. The van der Waals surface area contributed by atoms with Gasteiger partial charge in [-0.3, -0.25) is 14.4 Å². The SMILES string of the molecule is CC(=O)Nc1ccc(NC(=O)C(C)OC(=O)C2CCC(C(C)(C)C)CC2)cc1. The third kappa shape index (κ3) is 6.36. The van der Waals surface area contributed by atoms with E-state index in [9.17, 15) is 14.4 Å². The lowest BCUT2D eigenvalue weighted by atomic mass is 9.70. The van der Waals surface area contributed by atoms with Gasteiger partial charge in [-0.1, -0.05) is 20.8 Å². The molecule has 2 N–H and O–H groups in total. The predicted octanol–water partition coefficient (Wildman–Crippen LogP) is 4.37. The van der Waals surface area contributed by atoms with E-state index in [1.165, 1.54) is 6.92 Å². The number of nitrogens with one attached hydrogen (secondary N) is 2. The van der Waals surface area contributed by atoms with Crippen LogP contribution in [0, 0.1) is 17.3 Å². The molecular formula is C22H32N2O4. The molecule has 6 nitrogen and oxygen atoms in total. The van der Waals surface area contributed by atoms with Crippen LogP contribution in [0.2, 0.25) is 0 Å². The maximum atomic E-state index is 12.4. The van der Waals surface area contributed by atoms with Gasteiger partial charge in [-0.05, 0) is 68.2 Å². The molecule has 1 aliphatic carbocycles. The van der Waals surface area contributed by atoms with Crippen LogP contribution in [-0.4, -0.2) is 23.9 Å². The average molecular weight is 389 g/mol. The van der Waals surface area contributed by atoms with E-state index in [1.54, 1.807) is 31.2 Å². The molecular weight excluding hydrogens is 356 g/mol. The normalized spacial score (nSPS) is 20.8. The third-order valence-corrected chi connectivity index (χ3v) is 5.42. The van der Waals surface area contributed by atoms with E-state index < -0.39 is 6.10 Å². The molecule has 0 heterocycles. The molecule has 2 amide bonds. The first kappa shape index (κ1) is 21.9. The Labute approximate surface area is 167 Å². The summed E-state index contributed by atoms with van der Waals surface area (Å²) < 4.78 is 5.41. The Kier molecular flexibility index (Phi) is 7.22. The Morgan fingerprint density at radius 1 is 0.964 bits per heavy atom. The number of carbonyl (C=O) groups excluding carboxylic acids is 3. The van der Waals surface area contributed by atoms with Crippen LogP contribution in [0.15, 0.2) is 24.3 Å². The number of carbonyl (C=O) groups is 3. The van der Waals surface area contributed by atoms with E-state index in [1.807, 2.05) is 0 Å². The summed E-state index contributed by atoms with van der Waals surface area (Å²) in [5.41, 5.74) is 1.49. The maximum Gasteiger partial charge on any atom is 0.309 e. The molecule has 1 aromatic carbocycles. The predicted molar refractivity (Wildman–Crippen MR) is 110 cm³/mol. The number of ether oxygens (including phenoxy) is 1. The highest BCUT2D eigenvalue weighted by Gasteiger charge is 2.34. The highest BCUT2D eigenvalue weighted by Crippen LogP contribution is 2.40. The molecule has 0 bridgehead atoms. The number of hydrogen-bond acceptors (Lipinski definition) is 4. The zero-order valence-electron chi connectivity index (χ0n) is 17.5. The van der Waals surface area contributed by atoms with Gasteiger partial charge in [-0.25, -0.2) is 0 Å². The largest absolute Gasteiger partial charge is 0.452 e.